The van der Waals surface area contributed by atoms with Crippen LogP contribution in [0.15, 0.2) is 41.8 Å². The molecule has 1 aliphatic rings. The van der Waals surface area contributed by atoms with Gasteiger partial charge in [-0.15, -0.1) is 22.7 Å². The van der Waals surface area contributed by atoms with Gasteiger partial charge in [-0.05, 0) is 42.8 Å². The Balaban J connectivity index is 1.28. The van der Waals surface area contributed by atoms with Crippen molar-refractivity contribution in [3.63, 3.8) is 0 Å². The number of para-hydroxylation sites is 1. The van der Waals surface area contributed by atoms with Crippen LogP contribution in [-0.4, -0.2) is 41.5 Å². The molecule has 3 aromatic rings. The van der Waals surface area contributed by atoms with E-state index in [1.807, 2.05) is 40.6 Å². The van der Waals surface area contributed by atoms with Gasteiger partial charge in [0.15, 0.2) is 6.61 Å². The third-order valence-electron chi connectivity index (χ3n) is 4.95. The zero-order valence-electron chi connectivity index (χ0n) is 15.5. The molecule has 0 spiro atoms. The van der Waals surface area contributed by atoms with Crippen molar-refractivity contribution in [1.29, 1.82) is 0 Å². The molecule has 146 valence electrons. The molecule has 0 radical (unpaired) electrons. The Labute approximate surface area is 172 Å². The lowest BCUT2D eigenvalue weighted by Crippen LogP contribution is -2.41. The van der Waals surface area contributed by atoms with E-state index in [2.05, 4.69) is 6.07 Å². The number of nitrogens with zero attached hydrogens (tertiary/aromatic N) is 2. The van der Waals surface area contributed by atoms with E-state index in [1.54, 1.807) is 22.7 Å². The third kappa shape index (κ3) is 4.59. The van der Waals surface area contributed by atoms with Crippen molar-refractivity contribution < 1.29 is 14.3 Å². The minimum absolute atomic E-state index is 0.115. The fourth-order valence-corrected chi connectivity index (χ4v) is 5.26. The molecule has 2 aromatic heterocycles. The highest BCUT2D eigenvalue weighted by Gasteiger charge is 2.27. The Morgan fingerprint density at radius 1 is 1.21 bits per heavy atom. The first-order chi connectivity index (χ1) is 13.7. The number of aromatic nitrogens is 1. The number of hydrogen-bond donors (Lipinski definition) is 0. The van der Waals surface area contributed by atoms with Crippen LogP contribution in [0, 0.1) is 0 Å². The quantitative estimate of drug-likeness (QED) is 0.566. The van der Waals surface area contributed by atoms with Crippen molar-refractivity contribution in [1.82, 2.24) is 9.88 Å². The van der Waals surface area contributed by atoms with Crippen molar-refractivity contribution in [3.8, 4) is 0 Å². The number of esters is 1. The van der Waals surface area contributed by atoms with Gasteiger partial charge in [0.2, 0.25) is 0 Å². The third-order valence-corrected chi connectivity index (χ3v) is 7.08. The lowest BCUT2D eigenvalue weighted by atomic mass is 9.99. The van der Waals surface area contributed by atoms with E-state index in [9.17, 15) is 9.59 Å². The highest BCUT2D eigenvalue weighted by atomic mass is 32.1. The second kappa shape index (κ2) is 8.84. The average molecular weight is 415 g/mol. The van der Waals surface area contributed by atoms with Crippen molar-refractivity contribution in [2.75, 3.05) is 19.7 Å². The lowest BCUT2D eigenvalue weighted by molar-refractivity contribution is -0.152. The Hall–Kier alpha value is -2.25. The van der Waals surface area contributed by atoms with E-state index in [0.717, 1.165) is 28.2 Å². The van der Waals surface area contributed by atoms with Crippen molar-refractivity contribution in [2.24, 2.45) is 0 Å². The van der Waals surface area contributed by atoms with Gasteiger partial charge >= 0.3 is 5.97 Å². The van der Waals surface area contributed by atoms with Crippen molar-refractivity contribution in [2.45, 2.75) is 31.6 Å². The molecule has 0 saturated carbocycles. The number of likely N-dealkylation sites (tertiary alicyclic amines) is 1. The molecule has 1 saturated heterocycles. The fourth-order valence-electron chi connectivity index (χ4n) is 3.46. The number of piperidine rings is 1. The first-order valence-corrected chi connectivity index (χ1v) is 11.2. The van der Waals surface area contributed by atoms with E-state index < -0.39 is 0 Å². The van der Waals surface area contributed by atoms with E-state index in [0.29, 0.717) is 25.9 Å². The Morgan fingerprint density at radius 3 is 2.93 bits per heavy atom. The highest BCUT2D eigenvalue weighted by Crippen LogP contribution is 2.32. The summed E-state index contributed by atoms with van der Waals surface area (Å²) in [7, 11) is 0. The van der Waals surface area contributed by atoms with Gasteiger partial charge < -0.3 is 9.64 Å². The summed E-state index contributed by atoms with van der Waals surface area (Å²) >= 11 is 3.33. The van der Waals surface area contributed by atoms with Gasteiger partial charge in [0.25, 0.3) is 5.91 Å². The summed E-state index contributed by atoms with van der Waals surface area (Å²) in [5, 5.41) is 3.08. The minimum Gasteiger partial charge on any atom is -0.456 e. The largest absolute Gasteiger partial charge is 0.456 e. The Bertz CT molecular complexity index is 919. The number of carbonyl (C=O) groups excluding carboxylic acids is 2. The Kier molecular flexibility index (Phi) is 6.02. The predicted octanol–water partition coefficient (Wildman–Crippen LogP) is 4.24. The van der Waals surface area contributed by atoms with Crippen LogP contribution in [0.5, 0.6) is 0 Å². The van der Waals surface area contributed by atoms with Gasteiger partial charge in [-0.3, -0.25) is 9.59 Å². The van der Waals surface area contributed by atoms with Gasteiger partial charge in [0.1, 0.15) is 0 Å². The molecule has 0 bridgehead atoms. The molecule has 4 rings (SSSR count). The van der Waals surface area contributed by atoms with E-state index in [4.69, 9.17) is 9.72 Å². The Morgan fingerprint density at radius 2 is 2.11 bits per heavy atom. The van der Waals surface area contributed by atoms with Crippen LogP contribution in [0.2, 0.25) is 0 Å². The summed E-state index contributed by atoms with van der Waals surface area (Å²) in [6, 6.07) is 12.1. The molecule has 1 aliphatic heterocycles. The zero-order valence-corrected chi connectivity index (χ0v) is 17.1. The van der Waals surface area contributed by atoms with E-state index >= 15 is 0 Å². The molecular weight excluding hydrogens is 392 g/mol. The van der Waals surface area contributed by atoms with Gasteiger partial charge in [0.05, 0.1) is 21.6 Å². The number of fused-ring (bicyclic) bond motifs is 1. The molecule has 7 heteroatoms. The number of carbonyl (C=O) groups is 2. The number of hydrogen-bond acceptors (Lipinski definition) is 6. The topological polar surface area (TPSA) is 59.5 Å². The zero-order chi connectivity index (χ0) is 19.3. The minimum atomic E-state index is -0.318. The molecule has 0 aliphatic carbocycles. The number of thiazole rings is 1. The maximum atomic E-state index is 12.5. The molecule has 1 fully saturated rings. The van der Waals surface area contributed by atoms with Crippen molar-refractivity contribution in [3.05, 3.63) is 51.7 Å². The van der Waals surface area contributed by atoms with Crippen LogP contribution in [0.4, 0.5) is 0 Å². The van der Waals surface area contributed by atoms with Crippen molar-refractivity contribution >= 4 is 44.8 Å². The number of thiophene rings is 1. The summed E-state index contributed by atoms with van der Waals surface area (Å²) in [4.78, 5) is 32.1. The molecule has 0 unspecified atom stereocenters. The summed E-state index contributed by atoms with van der Waals surface area (Å²) in [5.41, 5.74) is 1.02. The first-order valence-electron chi connectivity index (χ1n) is 9.50. The molecule has 0 N–H and O–H groups in total. The molecule has 28 heavy (non-hydrogen) atoms. The average Bonchev–Trinajstić information content (AvgIpc) is 3.40. The van der Waals surface area contributed by atoms with Crippen LogP contribution >= 0.6 is 22.7 Å². The highest BCUT2D eigenvalue weighted by molar-refractivity contribution is 7.18. The molecule has 1 aromatic carbocycles. The van der Waals surface area contributed by atoms with E-state index in [1.165, 1.54) is 4.70 Å². The number of rotatable bonds is 6. The van der Waals surface area contributed by atoms with Crippen LogP contribution in [0.3, 0.4) is 0 Å². The standard InChI is InChI=1S/C21H22N2O3S2/c24-19(14-26-20(25)10-9-16-6-4-12-27-16)23-11-3-5-15(13-23)21-22-17-7-1-2-8-18(17)28-21/h1-2,4,6-8,12,15H,3,5,9-11,13-14H2/t15-/m0/s1. The second-order valence-corrected chi connectivity index (χ2v) is 9.03. The number of ether oxygens (including phenoxy) is 1. The van der Waals surface area contributed by atoms with Gasteiger partial charge in [-0.1, -0.05) is 18.2 Å². The summed E-state index contributed by atoms with van der Waals surface area (Å²) < 4.78 is 6.39. The normalized spacial score (nSPS) is 17.0. The van der Waals surface area contributed by atoms with Gasteiger partial charge in [0, 0.05) is 23.9 Å². The maximum absolute atomic E-state index is 12.5. The van der Waals surface area contributed by atoms with Gasteiger partial charge in [-0.25, -0.2) is 4.98 Å². The molecular formula is C21H22N2O3S2. The summed E-state index contributed by atoms with van der Waals surface area (Å²) in [6.07, 6.45) is 2.94. The molecule has 3 heterocycles. The van der Waals surface area contributed by atoms with E-state index in [-0.39, 0.29) is 24.4 Å². The monoisotopic (exact) mass is 414 g/mol. The summed E-state index contributed by atoms with van der Waals surface area (Å²) in [6.45, 7) is 1.19. The van der Waals surface area contributed by atoms with Gasteiger partial charge in [-0.2, -0.15) is 0 Å². The van der Waals surface area contributed by atoms with Crippen LogP contribution in [0.25, 0.3) is 10.2 Å². The maximum Gasteiger partial charge on any atom is 0.306 e. The predicted molar refractivity (Wildman–Crippen MR) is 112 cm³/mol. The molecule has 1 amide bonds. The summed E-state index contributed by atoms with van der Waals surface area (Å²) in [5.74, 6) is -0.179. The molecule has 1 atom stereocenters. The smallest absolute Gasteiger partial charge is 0.306 e. The second-order valence-electron chi connectivity index (χ2n) is 6.94. The van der Waals surface area contributed by atoms with Crippen LogP contribution in [0.1, 0.15) is 35.1 Å². The number of benzene rings is 1. The molecule has 5 nitrogen and oxygen atoms in total. The number of aryl methyl sites for hydroxylation is 1. The van der Waals surface area contributed by atoms with Crippen LogP contribution in [-0.2, 0) is 20.7 Å². The first kappa shape index (κ1) is 19.1. The van der Waals surface area contributed by atoms with Crippen LogP contribution < -0.4 is 0 Å². The lowest BCUT2D eigenvalue weighted by Gasteiger charge is -2.31. The SMILES string of the molecule is O=C(CCc1cccs1)OCC(=O)N1CCC[C@H](c2nc3ccccc3s2)C1. The number of amides is 1. The fraction of sp³-hybridized carbons (Fsp3) is 0.381.